The van der Waals surface area contributed by atoms with Crippen LogP contribution >= 0.6 is 39.9 Å². The van der Waals surface area contributed by atoms with Gasteiger partial charge in [-0.05, 0) is 49.3 Å². The van der Waals surface area contributed by atoms with E-state index in [1.807, 2.05) is 7.05 Å². The van der Waals surface area contributed by atoms with Gasteiger partial charge in [0.25, 0.3) is 0 Å². The van der Waals surface area contributed by atoms with Crippen molar-refractivity contribution in [1.82, 2.24) is 15.5 Å². The second kappa shape index (κ2) is 11.5. The molecule has 0 unspecified atom stereocenters. The van der Waals surface area contributed by atoms with Crippen LogP contribution in [-0.2, 0) is 10.2 Å². The zero-order chi connectivity index (χ0) is 20.0. The fourth-order valence-electron chi connectivity index (χ4n) is 4.73. The standard InChI is InChI=1S/C22H33BrN4O.HI/c1-24-20(28)14-17-8-12-27(13-9-17)21(25-2)26-16-22(10-3-4-11-22)18-6-5-7-19(23)15-18;/h5-7,15,17H,3-4,8-14,16H2,1-2H3,(H,24,28)(H,25,26);1H. The van der Waals surface area contributed by atoms with E-state index >= 15 is 0 Å². The largest absolute Gasteiger partial charge is 0.359 e. The molecule has 1 saturated carbocycles. The van der Waals surface area contributed by atoms with E-state index in [1.165, 1.54) is 31.2 Å². The number of likely N-dealkylation sites (tertiary alicyclic amines) is 1. The van der Waals surface area contributed by atoms with Crippen LogP contribution in [0.5, 0.6) is 0 Å². The van der Waals surface area contributed by atoms with E-state index in [1.54, 1.807) is 7.05 Å². The first kappa shape index (κ1) is 24.4. The number of hydrogen-bond acceptors (Lipinski definition) is 2. The molecule has 0 aromatic heterocycles. The van der Waals surface area contributed by atoms with Crippen LogP contribution in [0.15, 0.2) is 33.7 Å². The van der Waals surface area contributed by atoms with Crippen molar-refractivity contribution in [2.45, 2.75) is 50.4 Å². The zero-order valence-corrected chi connectivity index (χ0v) is 21.5. The van der Waals surface area contributed by atoms with Crippen molar-refractivity contribution in [2.24, 2.45) is 10.9 Å². The van der Waals surface area contributed by atoms with Crippen LogP contribution in [-0.4, -0.2) is 50.5 Å². The van der Waals surface area contributed by atoms with Crippen molar-refractivity contribution in [2.75, 3.05) is 33.7 Å². The van der Waals surface area contributed by atoms with E-state index in [-0.39, 0.29) is 35.3 Å². The van der Waals surface area contributed by atoms with E-state index in [0.29, 0.717) is 12.3 Å². The van der Waals surface area contributed by atoms with Crippen molar-refractivity contribution < 1.29 is 4.79 Å². The molecule has 5 nitrogen and oxygen atoms in total. The molecule has 1 amide bonds. The number of guanidine groups is 1. The van der Waals surface area contributed by atoms with Crippen molar-refractivity contribution in [3.05, 3.63) is 34.3 Å². The van der Waals surface area contributed by atoms with Gasteiger partial charge < -0.3 is 15.5 Å². The number of carbonyl (C=O) groups excluding carboxylic acids is 1. The highest BCUT2D eigenvalue weighted by Gasteiger charge is 2.36. The Balaban J connectivity index is 0.00000300. The molecule has 1 aliphatic carbocycles. The average molecular weight is 577 g/mol. The summed E-state index contributed by atoms with van der Waals surface area (Å²) in [6.07, 6.45) is 7.76. The summed E-state index contributed by atoms with van der Waals surface area (Å²) in [4.78, 5) is 18.5. The molecule has 0 radical (unpaired) electrons. The Bertz CT molecular complexity index is 698. The van der Waals surface area contributed by atoms with Crippen LogP contribution in [0.2, 0.25) is 0 Å². The fraction of sp³-hybridized carbons (Fsp3) is 0.636. The molecular formula is C22H34BrIN4O. The van der Waals surface area contributed by atoms with Gasteiger partial charge in [-0.3, -0.25) is 9.79 Å². The Hall–Kier alpha value is -0.830. The lowest BCUT2D eigenvalue weighted by molar-refractivity contribution is -0.121. The number of carbonyl (C=O) groups is 1. The summed E-state index contributed by atoms with van der Waals surface area (Å²) >= 11 is 3.64. The minimum atomic E-state index is 0. The van der Waals surface area contributed by atoms with E-state index in [2.05, 4.69) is 60.7 Å². The highest BCUT2D eigenvalue weighted by atomic mass is 127. The Morgan fingerprint density at radius 1 is 1.28 bits per heavy atom. The first-order chi connectivity index (χ1) is 13.6. The Morgan fingerprint density at radius 3 is 2.55 bits per heavy atom. The van der Waals surface area contributed by atoms with Crippen LogP contribution < -0.4 is 10.6 Å². The molecule has 2 aliphatic rings. The molecule has 0 spiro atoms. The molecule has 1 aliphatic heterocycles. The fourth-order valence-corrected chi connectivity index (χ4v) is 5.13. The molecule has 1 aromatic carbocycles. The van der Waals surface area contributed by atoms with Crippen molar-refractivity contribution >= 4 is 51.8 Å². The molecule has 3 rings (SSSR count). The lowest BCUT2D eigenvalue weighted by Crippen LogP contribution is -2.49. The molecule has 7 heteroatoms. The Kier molecular flexibility index (Phi) is 9.72. The van der Waals surface area contributed by atoms with Gasteiger partial charge in [0.1, 0.15) is 0 Å². The quantitative estimate of drug-likeness (QED) is 0.312. The van der Waals surface area contributed by atoms with E-state index < -0.39 is 0 Å². The molecule has 1 saturated heterocycles. The molecule has 162 valence electrons. The molecule has 29 heavy (non-hydrogen) atoms. The summed E-state index contributed by atoms with van der Waals surface area (Å²) in [5, 5.41) is 6.43. The topological polar surface area (TPSA) is 56.7 Å². The van der Waals surface area contributed by atoms with E-state index in [4.69, 9.17) is 0 Å². The van der Waals surface area contributed by atoms with Crippen molar-refractivity contribution in [3.8, 4) is 0 Å². The predicted octanol–water partition coefficient (Wildman–Crippen LogP) is 4.30. The maximum Gasteiger partial charge on any atom is 0.220 e. The number of benzene rings is 1. The smallest absolute Gasteiger partial charge is 0.220 e. The second-order valence-corrected chi connectivity index (χ2v) is 9.12. The summed E-state index contributed by atoms with van der Waals surface area (Å²) < 4.78 is 1.15. The summed E-state index contributed by atoms with van der Waals surface area (Å²) in [6, 6.07) is 8.79. The van der Waals surface area contributed by atoms with Crippen LogP contribution in [0.3, 0.4) is 0 Å². The summed E-state index contributed by atoms with van der Waals surface area (Å²) in [6.45, 7) is 2.85. The van der Waals surface area contributed by atoms with Crippen LogP contribution in [0.4, 0.5) is 0 Å². The zero-order valence-electron chi connectivity index (χ0n) is 17.5. The van der Waals surface area contributed by atoms with Crippen LogP contribution in [0.1, 0.15) is 50.5 Å². The van der Waals surface area contributed by atoms with Crippen molar-refractivity contribution in [1.29, 1.82) is 0 Å². The van der Waals surface area contributed by atoms with E-state index in [9.17, 15) is 4.79 Å². The molecule has 2 N–H and O–H groups in total. The van der Waals surface area contributed by atoms with Gasteiger partial charge in [0, 0.05) is 50.0 Å². The minimum absolute atomic E-state index is 0. The van der Waals surface area contributed by atoms with Gasteiger partial charge in [-0.25, -0.2) is 0 Å². The number of rotatable bonds is 5. The molecule has 2 fully saturated rings. The van der Waals surface area contributed by atoms with Gasteiger partial charge in [-0.2, -0.15) is 0 Å². The number of nitrogens with one attached hydrogen (secondary N) is 2. The van der Waals surface area contributed by atoms with E-state index in [0.717, 1.165) is 42.9 Å². The van der Waals surface area contributed by atoms with Crippen molar-refractivity contribution in [3.63, 3.8) is 0 Å². The van der Waals surface area contributed by atoms with Gasteiger partial charge in [0.15, 0.2) is 5.96 Å². The SMILES string of the molecule is CN=C(NCC1(c2cccc(Br)c2)CCCC1)N1CCC(CC(=O)NC)CC1.I. The number of aliphatic imine (C=N–C) groups is 1. The highest BCUT2D eigenvalue weighted by Crippen LogP contribution is 2.41. The average Bonchev–Trinajstić information content (AvgIpc) is 3.20. The summed E-state index contributed by atoms with van der Waals surface area (Å²) in [5.74, 6) is 1.63. The minimum Gasteiger partial charge on any atom is -0.359 e. The van der Waals surface area contributed by atoms with Gasteiger partial charge >= 0.3 is 0 Å². The summed E-state index contributed by atoms with van der Waals surface area (Å²) in [7, 11) is 3.59. The number of amides is 1. The molecule has 0 atom stereocenters. The number of piperidine rings is 1. The Labute approximate surface area is 200 Å². The number of halogens is 2. The second-order valence-electron chi connectivity index (χ2n) is 8.21. The van der Waals surface area contributed by atoms with Gasteiger partial charge in [0.05, 0.1) is 0 Å². The maximum atomic E-state index is 11.6. The first-order valence-electron chi connectivity index (χ1n) is 10.5. The predicted molar refractivity (Wildman–Crippen MR) is 134 cm³/mol. The maximum absolute atomic E-state index is 11.6. The third-order valence-corrected chi connectivity index (χ3v) is 6.95. The third-order valence-electron chi connectivity index (χ3n) is 6.46. The van der Waals surface area contributed by atoms with Crippen LogP contribution in [0, 0.1) is 5.92 Å². The van der Waals surface area contributed by atoms with Crippen LogP contribution in [0.25, 0.3) is 0 Å². The number of hydrogen-bond donors (Lipinski definition) is 2. The van der Waals surface area contributed by atoms with Gasteiger partial charge in [-0.1, -0.05) is 40.9 Å². The molecule has 1 aromatic rings. The lowest BCUT2D eigenvalue weighted by atomic mass is 9.79. The first-order valence-corrected chi connectivity index (χ1v) is 11.3. The third kappa shape index (κ3) is 6.32. The monoisotopic (exact) mass is 576 g/mol. The normalized spacial score (nSPS) is 19.6. The molecule has 0 bridgehead atoms. The van der Waals surface area contributed by atoms with Gasteiger partial charge in [0.2, 0.25) is 5.91 Å². The van der Waals surface area contributed by atoms with Gasteiger partial charge in [-0.15, -0.1) is 24.0 Å². The Morgan fingerprint density at radius 2 is 1.97 bits per heavy atom. The highest BCUT2D eigenvalue weighted by molar-refractivity contribution is 14.0. The number of nitrogens with zero attached hydrogens (tertiary/aromatic N) is 2. The lowest BCUT2D eigenvalue weighted by Gasteiger charge is -2.36. The summed E-state index contributed by atoms with van der Waals surface area (Å²) in [5.41, 5.74) is 1.61. The molecule has 1 heterocycles. The molecular weight excluding hydrogens is 543 g/mol.